The summed E-state index contributed by atoms with van der Waals surface area (Å²) in [6.45, 7) is 0.157. The van der Waals surface area contributed by atoms with Crippen molar-refractivity contribution in [2.24, 2.45) is 5.92 Å². The molecule has 1 amide bonds. The Kier molecular flexibility index (Phi) is 5.26. The standard InChI is InChI=1S/C15H18N2O5S/c1-3-11-5-4-10-17(14(11)15(18)16-19)23(20,21)13-8-6-12(22-2)7-9-13/h1,6-9,11,14,19H,4-5,10H2,2H3,(H,16,18)/t11-,14-/m1/s1. The maximum absolute atomic E-state index is 12.8. The summed E-state index contributed by atoms with van der Waals surface area (Å²) in [4.78, 5) is 12.0. The highest BCUT2D eigenvalue weighted by molar-refractivity contribution is 7.89. The summed E-state index contributed by atoms with van der Waals surface area (Å²) in [5.74, 6) is 1.54. The Balaban J connectivity index is 2.42. The lowest BCUT2D eigenvalue weighted by Gasteiger charge is -2.36. The number of hydrogen-bond acceptors (Lipinski definition) is 5. The van der Waals surface area contributed by atoms with Crippen molar-refractivity contribution in [1.29, 1.82) is 0 Å². The molecule has 1 saturated heterocycles. The van der Waals surface area contributed by atoms with Gasteiger partial charge in [-0.2, -0.15) is 4.31 Å². The molecule has 1 fully saturated rings. The number of nitrogens with one attached hydrogen (secondary N) is 1. The number of benzene rings is 1. The Hall–Kier alpha value is -2.08. The molecule has 0 aromatic heterocycles. The van der Waals surface area contributed by atoms with Crippen LogP contribution in [-0.4, -0.2) is 43.5 Å². The Morgan fingerprint density at radius 3 is 2.61 bits per heavy atom. The second-order valence-corrected chi connectivity index (χ2v) is 7.02. The first kappa shape index (κ1) is 17.3. The van der Waals surface area contributed by atoms with E-state index in [0.717, 1.165) is 4.31 Å². The van der Waals surface area contributed by atoms with Crippen LogP contribution in [0.2, 0.25) is 0 Å². The maximum atomic E-state index is 12.8. The monoisotopic (exact) mass is 338 g/mol. The van der Waals surface area contributed by atoms with E-state index in [2.05, 4.69) is 5.92 Å². The van der Waals surface area contributed by atoms with Gasteiger partial charge in [-0.05, 0) is 37.1 Å². The fraction of sp³-hybridized carbons (Fsp3) is 0.400. The molecule has 124 valence electrons. The van der Waals surface area contributed by atoms with Crippen LogP contribution >= 0.6 is 0 Å². The number of piperidine rings is 1. The highest BCUT2D eigenvalue weighted by atomic mass is 32.2. The molecule has 1 heterocycles. The molecule has 2 N–H and O–H groups in total. The van der Waals surface area contributed by atoms with Gasteiger partial charge in [0.2, 0.25) is 10.0 Å². The number of nitrogens with zero attached hydrogens (tertiary/aromatic N) is 1. The number of carbonyl (C=O) groups excluding carboxylic acids is 1. The normalized spacial score (nSPS) is 22.1. The molecule has 2 atom stereocenters. The third-order valence-corrected chi connectivity index (χ3v) is 5.74. The second-order valence-electron chi connectivity index (χ2n) is 5.13. The Labute approximate surface area is 135 Å². The van der Waals surface area contributed by atoms with Crippen LogP contribution < -0.4 is 10.2 Å². The minimum Gasteiger partial charge on any atom is -0.497 e. The zero-order valence-electron chi connectivity index (χ0n) is 12.6. The SMILES string of the molecule is C#C[C@@H]1CCCN(S(=O)(=O)c2ccc(OC)cc2)[C@H]1C(=O)NO. The van der Waals surface area contributed by atoms with E-state index < -0.39 is 27.9 Å². The van der Waals surface area contributed by atoms with Crippen LogP contribution in [0, 0.1) is 18.3 Å². The van der Waals surface area contributed by atoms with E-state index in [1.807, 2.05) is 0 Å². The largest absolute Gasteiger partial charge is 0.497 e. The van der Waals surface area contributed by atoms with E-state index in [-0.39, 0.29) is 11.4 Å². The summed E-state index contributed by atoms with van der Waals surface area (Å²) in [6.07, 6.45) is 6.48. The number of rotatable bonds is 4. The Morgan fingerprint density at radius 1 is 1.43 bits per heavy atom. The van der Waals surface area contributed by atoms with Crippen molar-refractivity contribution < 1.29 is 23.2 Å². The number of ether oxygens (including phenoxy) is 1. The van der Waals surface area contributed by atoms with Crippen LogP contribution in [0.15, 0.2) is 29.2 Å². The van der Waals surface area contributed by atoms with Crippen molar-refractivity contribution in [2.75, 3.05) is 13.7 Å². The Morgan fingerprint density at radius 2 is 2.09 bits per heavy atom. The fourth-order valence-electron chi connectivity index (χ4n) is 2.67. The highest BCUT2D eigenvalue weighted by Gasteiger charge is 2.42. The second kappa shape index (κ2) is 7.00. The lowest BCUT2D eigenvalue weighted by molar-refractivity contribution is -0.135. The van der Waals surface area contributed by atoms with Crippen LogP contribution in [0.1, 0.15) is 12.8 Å². The number of methoxy groups -OCH3 is 1. The van der Waals surface area contributed by atoms with E-state index in [4.69, 9.17) is 16.4 Å². The number of amides is 1. The summed E-state index contributed by atoms with van der Waals surface area (Å²) in [5, 5.41) is 8.92. The number of carbonyl (C=O) groups is 1. The first-order valence-corrected chi connectivity index (χ1v) is 8.45. The average molecular weight is 338 g/mol. The van der Waals surface area contributed by atoms with Gasteiger partial charge in [-0.1, -0.05) is 0 Å². The third-order valence-electron chi connectivity index (χ3n) is 3.84. The summed E-state index contributed by atoms with van der Waals surface area (Å²) >= 11 is 0. The summed E-state index contributed by atoms with van der Waals surface area (Å²) < 4.78 is 31.7. The molecule has 1 aromatic carbocycles. The van der Waals surface area contributed by atoms with Crippen LogP contribution in [0.25, 0.3) is 0 Å². The average Bonchev–Trinajstić information content (AvgIpc) is 2.60. The molecule has 0 saturated carbocycles. The minimum atomic E-state index is -3.92. The van der Waals surface area contributed by atoms with Gasteiger partial charge < -0.3 is 4.74 Å². The molecule has 1 aromatic rings. The van der Waals surface area contributed by atoms with Gasteiger partial charge in [0.15, 0.2) is 0 Å². The first-order chi connectivity index (χ1) is 11.0. The molecule has 1 aliphatic rings. The quantitative estimate of drug-likeness (QED) is 0.476. The fourth-order valence-corrected chi connectivity index (χ4v) is 4.33. The third kappa shape index (κ3) is 3.32. The van der Waals surface area contributed by atoms with Crippen molar-refractivity contribution in [3.05, 3.63) is 24.3 Å². The predicted molar refractivity (Wildman–Crippen MR) is 82.2 cm³/mol. The van der Waals surface area contributed by atoms with Gasteiger partial charge in [0, 0.05) is 12.5 Å². The number of hydroxylamine groups is 1. The Bertz CT molecular complexity index is 708. The summed E-state index contributed by atoms with van der Waals surface area (Å²) in [5.41, 5.74) is 1.51. The molecule has 0 spiro atoms. The number of terminal acetylenes is 1. The van der Waals surface area contributed by atoms with Crippen LogP contribution in [0.5, 0.6) is 5.75 Å². The van der Waals surface area contributed by atoms with E-state index in [9.17, 15) is 13.2 Å². The zero-order valence-corrected chi connectivity index (χ0v) is 13.4. The zero-order chi connectivity index (χ0) is 17.0. The molecule has 7 nitrogen and oxygen atoms in total. The molecular formula is C15H18N2O5S. The molecule has 2 rings (SSSR count). The van der Waals surface area contributed by atoms with Crippen molar-refractivity contribution >= 4 is 15.9 Å². The van der Waals surface area contributed by atoms with Gasteiger partial charge >= 0.3 is 0 Å². The number of sulfonamides is 1. The van der Waals surface area contributed by atoms with Gasteiger partial charge in [-0.3, -0.25) is 10.0 Å². The van der Waals surface area contributed by atoms with Crippen LogP contribution in [0.4, 0.5) is 0 Å². The smallest absolute Gasteiger partial charge is 0.263 e. The van der Waals surface area contributed by atoms with E-state index in [0.29, 0.717) is 18.6 Å². The van der Waals surface area contributed by atoms with Gasteiger partial charge in [-0.25, -0.2) is 13.9 Å². The predicted octanol–water partition coefficient (Wildman–Crippen LogP) is 0.603. The van der Waals surface area contributed by atoms with Crippen molar-refractivity contribution in [3.8, 4) is 18.1 Å². The molecule has 0 radical (unpaired) electrons. The number of hydrogen-bond donors (Lipinski definition) is 2. The topological polar surface area (TPSA) is 95.9 Å². The van der Waals surface area contributed by atoms with E-state index in [1.165, 1.54) is 36.9 Å². The molecule has 0 aliphatic carbocycles. The van der Waals surface area contributed by atoms with E-state index in [1.54, 1.807) is 0 Å². The molecule has 0 bridgehead atoms. The summed E-state index contributed by atoms with van der Waals surface area (Å²) in [7, 11) is -2.44. The minimum absolute atomic E-state index is 0.0340. The molecule has 1 aliphatic heterocycles. The van der Waals surface area contributed by atoms with Gasteiger partial charge in [0.05, 0.1) is 12.0 Å². The van der Waals surface area contributed by atoms with Crippen molar-refractivity contribution in [2.45, 2.75) is 23.8 Å². The van der Waals surface area contributed by atoms with Gasteiger partial charge in [-0.15, -0.1) is 12.3 Å². The summed E-state index contributed by atoms with van der Waals surface area (Å²) in [6, 6.07) is 4.72. The maximum Gasteiger partial charge on any atom is 0.263 e. The first-order valence-electron chi connectivity index (χ1n) is 7.01. The molecule has 23 heavy (non-hydrogen) atoms. The van der Waals surface area contributed by atoms with Crippen LogP contribution in [-0.2, 0) is 14.8 Å². The molecular weight excluding hydrogens is 320 g/mol. The molecule has 0 unspecified atom stereocenters. The van der Waals surface area contributed by atoms with Crippen molar-refractivity contribution in [3.63, 3.8) is 0 Å². The lowest BCUT2D eigenvalue weighted by Crippen LogP contribution is -2.55. The van der Waals surface area contributed by atoms with Gasteiger partial charge in [0.1, 0.15) is 11.8 Å². The lowest BCUT2D eigenvalue weighted by atomic mass is 9.91. The highest BCUT2D eigenvalue weighted by Crippen LogP contribution is 2.29. The van der Waals surface area contributed by atoms with Crippen molar-refractivity contribution in [1.82, 2.24) is 9.79 Å². The van der Waals surface area contributed by atoms with Gasteiger partial charge in [0.25, 0.3) is 5.91 Å². The molecule has 8 heteroatoms. The van der Waals surface area contributed by atoms with E-state index >= 15 is 0 Å². The van der Waals surface area contributed by atoms with Crippen LogP contribution in [0.3, 0.4) is 0 Å².